The molecule has 0 rings (SSSR count). The van der Waals surface area contributed by atoms with Crippen molar-refractivity contribution >= 4 is 13.8 Å². The molecule has 0 amide bonds. The molecule has 0 saturated carbocycles. The highest BCUT2D eigenvalue weighted by molar-refractivity contribution is 7.47. The van der Waals surface area contributed by atoms with Gasteiger partial charge < -0.3 is 15.4 Å². The highest BCUT2D eigenvalue weighted by atomic mass is 31.2. The van der Waals surface area contributed by atoms with Crippen LogP contribution >= 0.6 is 7.82 Å². The standard InChI is InChI=1S/C25H42NO8P/c1-2-3-4-5-6-7-8-9-10-11-12-13-14-15-16-17-18-19-25(27)31-22-24(34-28)23-33-35(29,30)32-21-20-26/h10-19,24,28H,2-9,20-23,26H2,1H3,(H,29,30)/t24-/m1/s1. The molecule has 4 N–H and O–H groups in total. The molecule has 35 heavy (non-hydrogen) atoms. The van der Waals surface area contributed by atoms with Gasteiger partial charge in [-0.05, 0) is 12.8 Å². The van der Waals surface area contributed by atoms with Crippen molar-refractivity contribution in [1.82, 2.24) is 0 Å². The molecular formula is C25H42NO8P. The highest BCUT2D eigenvalue weighted by Crippen LogP contribution is 2.42. The second kappa shape index (κ2) is 23.9. The SMILES string of the molecule is CCCCCCCCCC=CC=CC=CC=CC=CC(=O)OC[C@H](COP(=O)(O)OCCN)OO. The van der Waals surface area contributed by atoms with Crippen molar-refractivity contribution in [2.45, 2.75) is 64.4 Å². The summed E-state index contributed by atoms with van der Waals surface area (Å²) in [5.41, 5.74) is 5.16. The summed E-state index contributed by atoms with van der Waals surface area (Å²) in [6.45, 7) is 1.18. The van der Waals surface area contributed by atoms with Gasteiger partial charge in [0.05, 0.1) is 13.2 Å². The average Bonchev–Trinajstić information content (AvgIpc) is 2.84. The number of esters is 1. The van der Waals surface area contributed by atoms with E-state index in [-0.39, 0.29) is 13.2 Å². The second-order valence-corrected chi connectivity index (χ2v) is 9.05. The molecule has 0 bridgehead atoms. The lowest BCUT2D eigenvalue weighted by Gasteiger charge is -2.16. The minimum absolute atomic E-state index is 0.0372. The summed E-state index contributed by atoms with van der Waals surface area (Å²) >= 11 is 0. The number of rotatable bonds is 22. The van der Waals surface area contributed by atoms with Crippen molar-refractivity contribution in [3.8, 4) is 0 Å². The molecular weight excluding hydrogens is 473 g/mol. The summed E-state index contributed by atoms with van der Waals surface area (Å²) < 4.78 is 25.5. The Balaban J connectivity index is 3.97. The molecule has 0 aromatic carbocycles. The van der Waals surface area contributed by atoms with Gasteiger partial charge in [-0.15, -0.1) is 0 Å². The van der Waals surface area contributed by atoms with E-state index in [1.54, 1.807) is 12.2 Å². The Labute approximate surface area is 209 Å². The molecule has 0 aliphatic heterocycles. The number of ether oxygens (including phenoxy) is 1. The Morgan fingerprint density at radius 3 is 2.11 bits per heavy atom. The zero-order chi connectivity index (χ0) is 26.0. The molecule has 0 saturated heterocycles. The minimum atomic E-state index is -4.32. The van der Waals surface area contributed by atoms with Crippen LogP contribution in [0.3, 0.4) is 0 Å². The van der Waals surface area contributed by atoms with E-state index in [1.807, 2.05) is 30.4 Å². The second-order valence-electron chi connectivity index (χ2n) is 7.60. The van der Waals surface area contributed by atoms with E-state index < -0.39 is 33.1 Å². The van der Waals surface area contributed by atoms with E-state index in [0.717, 1.165) is 6.42 Å². The topological polar surface area (TPSA) is 138 Å². The molecule has 1 unspecified atom stereocenters. The van der Waals surface area contributed by atoms with Crippen molar-refractivity contribution < 1.29 is 38.2 Å². The summed E-state index contributed by atoms with van der Waals surface area (Å²) in [6.07, 6.45) is 27.1. The van der Waals surface area contributed by atoms with Gasteiger partial charge in [-0.25, -0.2) is 14.2 Å². The molecule has 0 fully saturated rings. The van der Waals surface area contributed by atoms with Gasteiger partial charge in [0, 0.05) is 12.6 Å². The van der Waals surface area contributed by atoms with Crippen molar-refractivity contribution in [3.05, 3.63) is 60.8 Å². The van der Waals surface area contributed by atoms with Crippen LogP contribution in [0.25, 0.3) is 0 Å². The number of carbonyl (C=O) groups is 1. The van der Waals surface area contributed by atoms with Gasteiger partial charge in [0.2, 0.25) is 0 Å². The summed E-state index contributed by atoms with van der Waals surface area (Å²) in [7, 11) is -4.32. The summed E-state index contributed by atoms with van der Waals surface area (Å²) in [5.74, 6) is -0.682. The molecule has 0 heterocycles. The monoisotopic (exact) mass is 515 g/mol. The quantitative estimate of drug-likeness (QED) is 0.0329. The van der Waals surface area contributed by atoms with Crippen LogP contribution in [0.1, 0.15) is 58.3 Å². The molecule has 10 heteroatoms. The van der Waals surface area contributed by atoms with Gasteiger partial charge >= 0.3 is 13.8 Å². The lowest BCUT2D eigenvalue weighted by molar-refractivity contribution is -0.290. The first-order valence-electron chi connectivity index (χ1n) is 12.1. The largest absolute Gasteiger partial charge is 0.472 e. The summed E-state index contributed by atoms with van der Waals surface area (Å²) in [6, 6.07) is 0. The first-order chi connectivity index (χ1) is 16.9. The normalized spacial score (nSPS) is 15.2. The van der Waals surface area contributed by atoms with Crippen LogP contribution in [-0.2, 0) is 28.0 Å². The zero-order valence-electron chi connectivity index (χ0n) is 20.7. The first-order valence-corrected chi connectivity index (χ1v) is 13.6. The summed E-state index contributed by atoms with van der Waals surface area (Å²) in [5, 5.41) is 8.79. The number of carbonyl (C=O) groups excluding carboxylic acids is 1. The maximum atomic E-state index is 11.7. The van der Waals surface area contributed by atoms with Gasteiger partial charge in [0.25, 0.3) is 0 Å². The molecule has 0 aliphatic rings. The van der Waals surface area contributed by atoms with Crippen LogP contribution in [0.15, 0.2) is 60.8 Å². The van der Waals surface area contributed by atoms with Crippen LogP contribution < -0.4 is 5.73 Å². The fraction of sp³-hybridized carbons (Fsp3) is 0.560. The third kappa shape index (κ3) is 23.7. The predicted molar refractivity (Wildman–Crippen MR) is 138 cm³/mol. The van der Waals surface area contributed by atoms with E-state index >= 15 is 0 Å². The lowest BCUT2D eigenvalue weighted by atomic mass is 10.1. The molecule has 2 atom stereocenters. The number of hydrogen-bond donors (Lipinski definition) is 3. The average molecular weight is 516 g/mol. The number of allylic oxidation sites excluding steroid dienone is 9. The highest BCUT2D eigenvalue weighted by Gasteiger charge is 2.24. The zero-order valence-corrected chi connectivity index (χ0v) is 21.6. The van der Waals surface area contributed by atoms with E-state index in [2.05, 4.69) is 26.9 Å². The van der Waals surface area contributed by atoms with Gasteiger partial charge in [-0.1, -0.05) is 100 Å². The van der Waals surface area contributed by atoms with Crippen molar-refractivity contribution in [2.75, 3.05) is 26.4 Å². The molecule has 0 aromatic heterocycles. The third-order valence-electron chi connectivity index (χ3n) is 4.48. The Hall–Kier alpha value is -1.84. The maximum Gasteiger partial charge on any atom is 0.472 e. The Kier molecular flexibility index (Phi) is 22.6. The fourth-order valence-corrected chi connectivity index (χ4v) is 3.39. The van der Waals surface area contributed by atoms with Gasteiger partial charge in [0.15, 0.2) is 6.10 Å². The van der Waals surface area contributed by atoms with Gasteiger partial charge in [0.1, 0.15) is 6.61 Å². The fourth-order valence-electron chi connectivity index (χ4n) is 2.63. The van der Waals surface area contributed by atoms with Crippen LogP contribution in [0, 0.1) is 0 Å². The number of phosphoric acid groups is 1. The van der Waals surface area contributed by atoms with Gasteiger partial charge in [-0.3, -0.25) is 14.3 Å². The molecule has 0 aromatic rings. The number of unbranched alkanes of at least 4 members (excludes halogenated alkanes) is 7. The summed E-state index contributed by atoms with van der Waals surface area (Å²) in [4.78, 5) is 25.1. The molecule has 9 nitrogen and oxygen atoms in total. The van der Waals surface area contributed by atoms with E-state index in [0.29, 0.717) is 0 Å². The molecule has 0 aliphatic carbocycles. The molecule has 0 spiro atoms. The van der Waals surface area contributed by atoms with Gasteiger partial charge in [-0.2, -0.15) is 0 Å². The van der Waals surface area contributed by atoms with Crippen molar-refractivity contribution in [2.24, 2.45) is 5.73 Å². The van der Waals surface area contributed by atoms with Crippen molar-refractivity contribution in [1.29, 1.82) is 0 Å². The predicted octanol–water partition coefficient (Wildman–Crippen LogP) is 5.40. The molecule has 0 radical (unpaired) electrons. The minimum Gasteiger partial charge on any atom is -0.460 e. The van der Waals surface area contributed by atoms with Crippen LogP contribution in [0.4, 0.5) is 0 Å². The lowest BCUT2D eigenvalue weighted by Crippen LogP contribution is -2.25. The van der Waals surface area contributed by atoms with E-state index in [1.165, 1.54) is 57.1 Å². The van der Waals surface area contributed by atoms with Crippen LogP contribution in [0.2, 0.25) is 0 Å². The Bertz CT molecular complexity index is 718. The number of hydrogen-bond acceptors (Lipinski definition) is 8. The number of nitrogens with two attached hydrogens (primary N) is 1. The van der Waals surface area contributed by atoms with Crippen LogP contribution in [-0.4, -0.2) is 48.6 Å². The van der Waals surface area contributed by atoms with E-state index in [9.17, 15) is 14.3 Å². The molecule has 200 valence electrons. The first kappa shape index (κ1) is 33.2. The van der Waals surface area contributed by atoms with E-state index in [4.69, 9.17) is 15.7 Å². The Morgan fingerprint density at radius 1 is 0.886 bits per heavy atom. The van der Waals surface area contributed by atoms with Crippen LogP contribution in [0.5, 0.6) is 0 Å². The smallest absolute Gasteiger partial charge is 0.460 e. The van der Waals surface area contributed by atoms with Crippen molar-refractivity contribution in [3.63, 3.8) is 0 Å². The maximum absolute atomic E-state index is 11.7. The Morgan fingerprint density at radius 2 is 1.49 bits per heavy atom. The third-order valence-corrected chi connectivity index (χ3v) is 5.46. The number of phosphoric ester groups is 1.